The number of aliphatic hydroxyl groups excluding tert-OH is 4. The largest absolute Gasteiger partial charge is 0.480 e. The van der Waals surface area contributed by atoms with E-state index in [0.717, 1.165) is 0 Å². The van der Waals surface area contributed by atoms with E-state index in [1.807, 2.05) is 0 Å². The van der Waals surface area contributed by atoms with Gasteiger partial charge in [0.2, 0.25) is 0 Å². The minimum atomic E-state index is -1.31. The van der Waals surface area contributed by atoms with E-state index in [1.54, 1.807) is 0 Å². The summed E-state index contributed by atoms with van der Waals surface area (Å²) in [6, 6.07) is -1.31. The zero-order valence-electron chi connectivity index (χ0n) is 14.3. The van der Waals surface area contributed by atoms with Gasteiger partial charge in [-0.05, 0) is 6.92 Å². The van der Waals surface area contributed by atoms with Crippen LogP contribution in [0.5, 0.6) is 0 Å². The Morgan fingerprint density at radius 1 is 1.44 bits per heavy atom. The molecule has 3 unspecified atom stereocenters. The summed E-state index contributed by atoms with van der Waals surface area (Å²) in [6.45, 7) is 0.849. The number of nitrogens with zero attached hydrogens (tertiary/aromatic N) is 4. The lowest BCUT2D eigenvalue weighted by molar-refractivity contribution is -0.143. The topological polar surface area (TPSA) is 199 Å². The van der Waals surface area contributed by atoms with E-state index >= 15 is 0 Å². The number of aliphatic imine (C=N–C) groups is 1. The van der Waals surface area contributed by atoms with Crippen molar-refractivity contribution in [2.24, 2.45) is 10.7 Å². The van der Waals surface area contributed by atoms with Gasteiger partial charge in [-0.2, -0.15) is 0 Å². The molecule has 1 fully saturated rings. The van der Waals surface area contributed by atoms with Crippen molar-refractivity contribution >= 4 is 18.1 Å². The quantitative estimate of drug-likeness (QED) is 0.259. The van der Waals surface area contributed by atoms with Crippen molar-refractivity contribution in [1.82, 2.24) is 20.0 Å². The van der Waals surface area contributed by atoms with E-state index in [4.69, 9.17) is 15.6 Å². The highest BCUT2D eigenvalue weighted by molar-refractivity contribution is 5.75. The van der Waals surface area contributed by atoms with Crippen molar-refractivity contribution in [3.63, 3.8) is 0 Å². The predicted molar refractivity (Wildman–Crippen MR) is 88.4 cm³/mol. The van der Waals surface area contributed by atoms with Crippen molar-refractivity contribution in [1.29, 1.82) is 0 Å². The summed E-state index contributed by atoms with van der Waals surface area (Å²) in [6.07, 6.45) is -4.15. The summed E-state index contributed by atoms with van der Waals surface area (Å²) >= 11 is 0. The van der Waals surface area contributed by atoms with Gasteiger partial charge in [0.25, 0.3) is 0 Å². The van der Waals surface area contributed by atoms with Gasteiger partial charge in [0.15, 0.2) is 12.0 Å². The molecule has 1 saturated heterocycles. The number of rotatable bonds is 6. The first kappa shape index (κ1) is 19.6. The molecule has 0 amide bonds. The van der Waals surface area contributed by atoms with Gasteiger partial charge < -0.3 is 36.0 Å². The molecule has 0 aromatic carbocycles. The molecule has 0 radical (unpaired) electrons. The Bertz CT molecular complexity index is 725. The van der Waals surface area contributed by atoms with Crippen LogP contribution in [0.15, 0.2) is 11.3 Å². The molecule has 2 aliphatic rings. The highest BCUT2D eigenvalue weighted by atomic mass is 16.6. The molecule has 13 nitrogen and oxygen atoms in total. The molecular formula is C14H22N6O7. The summed E-state index contributed by atoms with van der Waals surface area (Å²) in [5.74, 6) is -1.02. The fourth-order valence-electron chi connectivity index (χ4n) is 2.97. The summed E-state index contributed by atoms with van der Waals surface area (Å²) < 4.78 is 6.82. The van der Waals surface area contributed by atoms with Crippen LogP contribution in [0.4, 0.5) is 5.82 Å². The standard InChI is InChI=1S/C14H22N6O7/c1-5(22)7(14(25)26)18-20-4-17-12-8(11(20)15)16-3-19(12)13-10(24)9(23)6(2-21)27-13/h3-7,9-11,13,18,21-24H,2,15H2,1H3,(H,25,26)/t5-,6-,7+,9?,10?,11?,13-/m0/s1. The average molecular weight is 386 g/mol. The first-order valence-corrected chi connectivity index (χ1v) is 8.20. The van der Waals surface area contributed by atoms with Gasteiger partial charge >= 0.3 is 5.97 Å². The molecule has 3 rings (SSSR count). The number of carbonyl (C=O) groups is 1. The van der Waals surface area contributed by atoms with E-state index < -0.39 is 55.4 Å². The van der Waals surface area contributed by atoms with Crippen LogP contribution in [0.1, 0.15) is 25.0 Å². The van der Waals surface area contributed by atoms with E-state index in [1.165, 1.54) is 29.2 Å². The Morgan fingerprint density at radius 3 is 2.70 bits per heavy atom. The smallest absolute Gasteiger partial charge is 0.325 e. The van der Waals surface area contributed by atoms with Crippen LogP contribution in [-0.4, -0.2) is 89.5 Å². The van der Waals surface area contributed by atoms with Crippen LogP contribution in [0.3, 0.4) is 0 Å². The number of nitrogens with two attached hydrogens (primary N) is 1. The lowest BCUT2D eigenvalue weighted by atomic mass is 10.1. The number of aliphatic hydroxyl groups is 4. The maximum atomic E-state index is 11.2. The first-order chi connectivity index (χ1) is 12.8. The number of ether oxygens (including phenoxy) is 1. The number of carboxylic acid groups (broad SMARTS) is 1. The molecule has 2 aliphatic heterocycles. The van der Waals surface area contributed by atoms with Crippen LogP contribution in [-0.2, 0) is 9.53 Å². The summed E-state index contributed by atoms with van der Waals surface area (Å²) in [4.78, 5) is 19.5. The summed E-state index contributed by atoms with van der Waals surface area (Å²) in [7, 11) is 0. The molecule has 3 heterocycles. The maximum absolute atomic E-state index is 11.2. The number of hydrazine groups is 1. The summed E-state index contributed by atoms with van der Waals surface area (Å²) in [5, 5.41) is 49.2. The number of aliphatic carboxylic acids is 1. The third-order valence-corrected chi connectivity index (χ3v) is 4.51. The maximum Gasteiger partial charge on any atom is 0.325 e. The third-order valence-electron chi connectivity index (χ3n) is 4.51. The Hall–Kier alpha value is -2.13. The molecule has 0 bridgehead atoms. The molecule has 0 saturated carbocycles. The minimum Gasteiger partial charge on any atom is -0.480 e. The number of nitrogens with one attached hydrogen (secondary N) is 1. The van der Waals surface area contributed by atoms with Crippen LogP contribution < -0.4 is 11.2 Å². The molecule has 0 aliphatic carbocycles. The Labute approximate surface area is 153 Å². The van der Waals surface area contributed by atoms with Crippen molar-refractivity contribution in [3.05, 3.63) is 12.0 Å². The number of hydrogen-bond acceptors (Lipinski definition) is 11. The zero-order valence-corrected chi connectivity index (χ0v) is 14.3. The first-order valence-electron chi connectivity index (χ1n) is 8.20. The Morgan fingerprint density at radius 2 is 2.15 bits per heavy atom. The van der Waals surface area contributed by atoms with Gasteiger partial charge in [-0.1, -0.05) is 0 Å². The van der Waals surface area contributed by atoms with E-state index in [-0.39, 0.29) is 11.5 Å². The molecule has 1 aromatic rings. The lowest BCUT2D eigenvalue weighted by Crippen LogP contribution is -2.56. The van der Waals surface area contributed by atoms with Crippen molar-refractivity contribution in [2.75, 3.05) is 6.61 Å². The molecule has 1 aromatic heterocycles. The highest BCUT2D eigenvalue weighted by Crippen LogP contribution is 2.36. The van der Waals surface area contributed by atoms with Gasteiger partial charge in [0.1, 0.15) is 42.6 Å². The fraction of sp³-hybridized carbons (Fsp3) is 0.643. The second-order valence-corrected chi connectivity index (χ2v) is 6.37. The lowest BCUT2D eigenvalue weighted by Gasteiger charge is -2.32. The molecular weight excluding hydrogens is 364 g/mol. The second kappa shape index (κ2) is 7.47. The van der Waals surface area contributed by atoms with E-state index in [0.29, 0.717) is 0 Å². The number of imidazole rings is 1. The predicted octanol–water partition coefficient (Wildman–Crippen LogP) is -3.23. The molecule has 8 N–H and O–H groups in total. The minimum absolute atomic E-state index is 0.249. The fourth-order valence-corrected chi connectivity index (χ4v) is 2.97. The highest BCUT2D eigenvalue weighted by Gasteiger charge is 2.45. The van der Waals surface area contributed by atoms with Crippen molar-refractivity contribution in [2.45, 2.75) is 49.8 Å². The molecule has 150 valence electrons. The molecule has 27 heavy (non-hydrogen) atoms. The van der Waals surface area contributed by atoms with E-state index in [9.17, 15) is 25.2 Å². The van der Waals surface area contributed by atoms with Gasteiger partial charge in [0.05, 0.1) is 19.0 Å². The number of aromatic nitrogens is 2. The summed E-state index contributed by atoms with van der Waals surface area (Å²) in [5.41, 5.74) is 8.92. The Balaban J connectivity index is 1.82. The third kappa shape index (κ3) is 3.41. The molecule has 13 heteroatoms. The monoisotopic (exact) mass is 386 g/mol. The molecule has 7 atom stereocenters. The van der Waals surface area contributed by atoms with Crippen molar-refractivity contribution in [3.8, 4) is 0 Å². The normalized spacial score (nSPS) is 32.4. The average Bonchev–Trinajstić information content (AvgIpc) is 3.16. The van der Waals surface area contributed by atoms with Gasteiger partial charge in [-0.25, -0.2) is 15.4 Å². The molecule has 0 spiro atoms. The SMILES string of the molecule is C[C@H](O)[C@@H](NN1C=Nc2c(ncn2[C@H]2O[C@@H](CO)C(O)C2O)C1N)C(=O)O. The van der Waals surface area contributed by atoms with Crippen LogP contribution in [0.25, 0.3) is 0 Å². The van der Waals surface area contributed by atoms with Gasteiger partial charge in [0, 0.05) is 0 Å². The van der Waals surface area contributed by atoms with E-state index in [2.05, 4.69) is 15.4 Å². The number of hydrogen-bond donors (Lipinski definition) is 7. The van der Waals surface area contributed by atoms with Crippen LogP contribution in [0, 0.1) is 0 Å². The van der Waals surface area contributed by atoms with Crippen molar-refractivity contribution < 1.29 is 35.1 Å². The zero-order chi connectivity index (χ0) is 19.9. The van der Waals surface area contributed by atoms with Gasteiger partial charge in [-0.3, -0.25) is 14.4 Å². The van der Waals surface area contributed by atoms with Crippen LogP contribution in [0.2, 0.25) is 0 Å². The Kier molecular flexibility index (Phi) is 5.43. The second-order valence-electron chi connectivity index (χ2n) is 6.37. The number of fused-ring (bicyclic) bond motifs is 1. The van der Waals surface area contributed by atoms with Gasteiger partial charge in [-0.15, -0.1) is 0 Å². The number of carboxylic acids is 1. The van der Waals surface area contributed by atoms with Crippen LogP contribution >= 0.6 is 0 Å².